The highest BCUT2D eigenvalue weighted by Crippen LogP contribution is 2.58. The minimum atomic E-state index is -1.53. The minimum Gasteiger partial charge on any atom is -0.479 e. The molecule has 0 amide bonds. The lowest BCUT2D eigenvalue weighted by Gasteiger charge is -2.53. The molecule has 0 aliphatic heterocycles. The molecular weight excluding hydrogens is 440 g/mol. The van der Waals surface area contributed by atoms with Crippen molar-refractivity contribution >= 4 is 22.7 Å². The number of carboxylic acid groups (broad SMARTS) is 1. The summed E-state index contributed by atoms with van der Waals surface area (Å²) in [5.74, 6) is -2.92. The smallest absolute Gasteiger partial charge is 0.338 e. The Kier molecular flexibility index (Phi) is 6.34. The molecule has 1 unspecified atom stereocenters. The molecule has 0 saturated heterocycles. The number of aliphatic hydroxyl groups is 1. The van der Waals surface area contributed by atoms with Gasteiger partial charge in [-0.25, -0.2) is 9.59 Å². The monoisotopic (exact) mass is 466 g/mol. The second-order valence-corrected chi connectivity index (χ2v) is 9.06. The molecule has 1 aliphatic rings. The van der Waals surface area contributed by atoms with Gasteiger partial charge < -0.3 is 14.9 Å². The van der Waals surface area contributed by atoms with Gasteiger partial charge in [0.25, 0.3) is 0 Å². The molecule has 2 N–H and O–H groups in total. The van der Waals surface area contributed by atoms with Crippen LogP contribution in [0.25, 0.3) is 10.8 Å². The van der Waals surface area contributed by atoms with E-state index in [0.29, 0.717) is 5.56 Å². The zero-order valence-electron chi connectivity index (χ0n) is 19.0. The predicted molar refractivity (Wildman–Crippen MR) is 133 cm³/mol. The van der Waals surface area contributed by atoms with Gasteiger partial charge in [0.15, 0.2) is 6.10 Å². The number of ether oxygens (including phenoxy) is 1. The quantitative estimate of drug-likeness (QED) is 0.363. The average molecular weight is 467 g/mol. The fourth-order valence-corrected chi connectivity index (χ4v) is 5.50. The first-order valence-corrected chi connectivity index (χ1v) is 11.7. The van der Waals surface area contributed by atoms with Gasteiger partial charge in [0, 0.05) is 11.8 Å². The molecule has 0 heterocycles. The molecule has 5 heteroatoms. The van der Waals surface area contributed by atoms with Crippen molar-refractivity contribution in [2.75, 3.05) is 6.61 Å². The minimum absolute atomic E-state index is 0.119. The number of carbonyl (C=O) groups is 2. The van der Waals surface area contributed by atoms with Crippen LogP contribution < -0.4 is 0 Å². The SMILES string of the molecule is O=C(OCC1[C@@H](c2ccccc2)C(C(O)C(=O)O)[C@@H]1c1ccccc1)c1ccc2ccccc2c1. The van der Waals surface area contributed by atoms with Gasteiger partial charge in [-0.15, -0.1) is 0 Å². The van der Waals surface area contributed by atoms with Crippen LogP contribution in [0, 0.1) is 11.8 Å². The Labute approximate surface area is 203 Å². The van der Waals surface area contributed by atoms with Crippen LogP contribution in [0.5, 0.6) is 0 Å². The first-order chi connectivity index (χ1) is 17.0. The lowest BCUT2D eigenvalue weighted by atomic mass is 9.51. The molecular formula is C30H26O5. The number of aliphatic hydroxyl groups excluding tert-OH is 1. The Hall–Kier alpha value is -3.96. The predicted octanol–water partition coefficient (Wildman–Crippen LogP) is 5.26. The largest absolute Gasteiger partial charge is 0.479 e. The number of hydrogen-bond donors (Lipinski definition) is 2. The standard InChI is InChI=1S/C30H26O5/c31-28(29(32)33)27-25(20-10-3-1-4-11-20)24(26(27)21-12-5-2-6-13-21)18-35-30(34)23-16-15-19-9-7-8-14-22(19)17-23/h1-17,24-28,31H,18H2,(H,32,33)/t24?,25-,26-,27?,28?/m1/s1. The summed E-state index contributed by atoms with van der Waals surface area (Å²) < 4.78 is 5.80. The van der Waals surface area contributed by atoms with Crippen LogP contribution in [0.15, 0.2) is 103 Å². The third kappa shape index (κ3) is 4.43. The second kappa shape index (κ2) is 9.72. The highest BCUT2D eigenvalue weighted by atomic mass is 16.5. The lowest BCUT2D eigenvalue weighted by molar-refractivity contribution is -0.156. The number of benzene rings is 4. The zero-order valence-corrected chi connectivity index (χ0v) is 19.0. The maximum Gasteiger partial charge on any atom is 0.338 e. The van der Waals surface area contributed by atoms with Crippen molar-refractivity contribution in [3.8, 4) is 0 Å². The number of carbonyl (C=O) groups excluding carboxylic acids is 1. The van der Waals surface area contributed by atoms with E-state index in [1.807, 2.05) is 97.1 Å². The second-order valence-electron chi connectivity index (χ2n) is 9.06. The molecule has 1 saturated carbocycles. The van der Waals surface area contributed by atoms with E-state index in [2.05, 4.69) is 0 Å². The zero-order chi connectivity index (χ0) is 24.4. The molecule has 176 valence electrons. The maximum atomic E-state index is 13.0. The molecule has 0 bridgehead atoms. The normalized spacial score (nSPS) is 22.2. The van der Waals surface area contributed by atoms with Crippen molar-refractivity contribution in [3.63, 3.8) is 0 Å². The van der Waals surface area contributed by atoms with Crippen LogP contribution in [0.3, 0.4) is 0 Å². The van der Waals surface area contributed by atoms with Gasteiger partial charge in [-0.1, -0.05) is 91.0 Å². The fraction of sp³-hybridized carbons (Fsp3) is 0.200. The molecule has 3 atom stereocenters. The van der Waals surface area contributed by atoms with E-state index >= 15 is 0 Å². The van der Waals surface area contributed by atoms with Crippen LogP contribution in [-0.2, 0) is 9.53 Å². The summed E-state index contributed by atoms with van der Waals surface area (Å²) in [5.41, 5.74) is 2.33. The summed E-state index contributed by atoms with van der Waals surface area (Å²) in [6.07, 6.45) is -1.53. The molecule has 5 rings (SSSR count). The van der Waals surface area contributed by atoms with E-state index in [-0.39, 0.29) is 24.4 Å². The summed E-state index contributed by atoms with van der Waals surface area (Å²) in [6, 6.07) is 32.4. The van der Waals surface area contributed by atoms with E-state index < -0.39 is 24.0 Å². The molecule has 4 aromatic carbocycles. The first kappa shape index (κ1) is 22.8. The van der Waals surface area contributed by atoms with Crippen LogP contribution in [0.2, 0.25) is 0 Å². The van der Waals surface area contributed by atoms with Crippen LogP contribution in [0.4, 0.5) is 0 Å². The third-order valence-electron chi connectivity index (χ3n) is 7.13. The Morgan fingerprint density at radius 1 is 0.743 bits per heavy atom. The van der Waals surface area contributed by atoms with E-state index in [0.717, 1.165) is 21.9 Å². The van der Waals surface area contributed by atoms with Crippen molar-refractivity contribution in [1.29, 1.82) is 0 Å². The van der Waals surface area contributed by atoms with Crippen molar-refractivity contribution in [1.82, 2.24) is 0 Å². The van der Waals surface area contributed by atoms with Gasteiger partial charge in [-0.3, -0.25) is 0 Å². The molecule has 1 fully saturated rings. The van der Waals surface area contributed by atoms with Crippen LogP contribution in [0.1, 0.15) is 33.3 Å². The lowest BCUT2D eigenvalue weighted by Crippen LogP contribution is -2.53. The summed E-state index contributed by atoms with van der Waals surface area (Å²) in [4.78, 5) is 24.8. The number of fused-ring (bicyclic) bond motifs is 1. The van der Waals surface area contributed by atoms with Crippen LogP contribution >= 0.6 is 0 Å². The fourth-order valence-electron chi connectivity index (χ4n) is 5.50. The van der Waals surface area contributed by atoms with Crippen molar-refractivity contribution in [2.24, 2.45) is 11.8 Å². The van der Waals surface area contributed by atoms with Gasteiger partial charge in [0.1, 0.15) is 0 Å². The Bertz CT molecular complexity index is 1290. The average Bonchev–Trinajstić information content (AvgIpc) is 2.88. The van der Waals surface area contributed by atoms with Gasteiger partial charge in [0.2, 0.25) is 0 Å². The number of hydrogen-bond acceptors (Lipinski definition) is 4. The number of aliphatic carboxylic acids is 1. The van der Waals surface area contributed by atoms with Crippen molar-refractivity contribution in [2.45, 2.75) is 17.9 Å². The highest BCUT2D eigenvalue weighted by Gasteiger charge is 2.56. The summed E-state index contributed by atoms with van der Waals surface area (Å²) >= 11 is 0. The van der Waals surface area contributed by atoms with Crippen molar-refractivity contribution < 1.29 is 24.5 Å². The summed E-state index contributed by atoms with van der Waals surface area (Å²) in [6.45, 7) is 0.119. The highest BCUT2D eigenvalue weighted by molar-refractivity contribution is 5.95. The Morgan fingerprint density at radius 3 is 1.86 bits per heavy atom. The number of esters is 1. The summed E-state index contributed by atoms with van der Waals surface area (Å²) in [7, 11) is 0. The summed E-state index contributed by atoms with van der Waals surface area (Å²) in [5, 5.41) is 22.3. The van der Waals surface area contributed by atoms with Crippen molar-refractivity contribution in [3.05, 3.63) is 120 Å². The maximum absolute atomic E-state index is 13.0. The number of carboxylic acids is 1. The van der Waals surface area contributed by atoms with E-state index in [9.17, 15) is 19.8 Å². The molecule has 0 aromatic heterocycles. The molecule has 5 nitrogen and oxygen atoms in total. The number of rotatable bonds is 7. The van der Waals surface area contributed by atoms with Gasteiger partial charge in [0.05, 0.1) is 12.2 Å². The van der Waals surface area contributed by atoms with Gasteiger partial charge >= 0.3 is 11.9 Å². The van der Waals surface area contributed by atoms with E-state index in [4.69, 9.17) is 4.74 Å². The topological polar surface area (TPSA) is 83.8 Å². The third-order valence-corrected chi connectivity index (χ3v) is 7.13. The first-order valence-electron chi connectivity index (χ1n) is 11.7. The van der Waals surface area contributed by atoms with Crippen LogP contribution in [-0.4, -0.2) is 34.9 Å². The molecule has 0 spiro atoms. The van der Waals surface area contributed by atoms with E-state index in [1.165, 1.54) is 0 Å². The molecule has 1 aliphatic carbocycles. The van der Waals surface area contributed by atoms with E-state index in [1.54, 1.807) is 6.07 Å². The molecule has 35 heavy (non-hydrogen) atoms. The van der Waals surface area contributed by atoms with Gasteiger partial charge in [-0.05, 0) is 45.9 Å². The Morgan fingerprint density at radius 2 is 1.29 bits per heavy atom. The molecule has 4 aromatic rings. The van der Waals surface area contributed by atoms with Gasteiger partial charge in [-0.2, -0.15) is 0 Å². The molecule has 0 radical (unpaired) electrons. The Balaban J connectivity index is 1.44.